The summed E-state index contributed by atoms with van der Waals surface area (Å²) in [4.78, 5) is 28.8. The topological polar surface area (TPSA) is 71.1 Å². The molecular weight excluding hydrogens is 377 g/mol. The van der Waals surface area contributed by atoms with Crippen molar-refractivity contribution in [3.63, 3.8) is 0 Å². The average molecular weight is 397 g/mol. The van der Waals surface area contributed by atoms with E-state index in [4.69, 9.17) is 0 Å². The Morgan fingerprint density at radius 2 is 1.75 bits per heavy atom. The van der Waals surface area contributed by atoms with Crippen LogP contribution in [0.4, 0.5) is 9.52 Å². The fourth-order valence-corrected chi connectivity index (χ4v) is 3.37. The number of carbonyl (C=O) groups excluding carboxylic acids is 2. The molecule has 5 nitrogen and oxygen atoms in total. The van der Waals surface area contributed by atoms with Crippen molar-refractivity contribution in [3.8, 4) is 0 Å². The van der Waals surface area contributed by atoms with E-state index in [9.17, 15) is 14.0 Å². The molecule has 28 heavy (non-hydrogen) atoms. The van der Waals surface area contributed by atoms with Crippen molar-refractivity contribution in [2.75, 3.05) is 18.4 Å². The minimum Gasteiger partial charge on any atom is -0.361 e. The SMILES string of the molecule is Cc1ccccc1C(=O)c1csc(NCCCNC(=O)c2ccccc2F)n1. The van der Waals surface area contributed by atoms with E-state index in [1.165, 1.54) is 23.5 Å². The van der Waals surface area contributed by atoms with E-state index in [0.717, 1.165) is 5.56 Å². The van der Waals surface area contributed by atoms with Gasteiger partial charge in [0, 0.05) is 24.0 Å². The molecule has 0 aliphatic carbocycles. The number of halogens is 1. The maximum atomic E-state index is 13.5. The largest absolute Gasteiger partial charge is 0.361 e. The Bertz CT molecular complexity index is 987. The molecule has 0 bridgehead atoms. The molecule has 0 spiro atoms. The van der Waals surface area contributed by atoms with Gasteiger partial charge in [0.1, 0.15) is 11.5 Å². The monoisotopic (exact) mass is 397 g/mol. The molecule has 1 aromatic heterocycles. The van der Waals surface area contributed by atoms with E-state index < -0.39 is 11.7 Å². The van der Waals surface area contributed by atoms with Crippen LogP contribution in [-0.4, -0.2) is 29.8 Å². The number of benzene rings is 2. The molecule has 1 amide bonds. The number of aromatic nitrogens is 1. The van der Waals surface area contributed by atoms with Gasteiger partial charge in [-0.25, -0.2) is 9.37 Å². The van der Waals surface area contributed by atoms with Crippen molar-refractivity contribution in [2.24, 2.45) is 0 Å². The van der Waals surface area contributed by atoms with E-state index in [0.29, 0.717) is 35.9 Å². The highest BCUT2D eigenvalue weighted by molar-refractivity contribution is 7.13. The molecule has 2 N–H and O–H groups in total. The zero-order valence-electron chi connectivity index (χ0n) is 15.4. The third-order valence-corrected chi connectivity index (χ3v) is 4.96. The summed E-state index contributed by atoms with van der Waals surface area (Å²) < 4.78 is 13.5. The summed E-state index contributed by atoms with van der Waals surface area (Å²) in [5.74, 6) is -1.07. The zero-order chi connectivity index (χ0) is 19.9. The van der Waals surface area contributed by atoms with Gasteiger partial charge in [-0.15, -0.1) is 11.3 Å². The predicted octanol–water partition coefficient (Wildman–Crippen LogP) is 4.05. The normalized spacial score (nSPS) is 10.5. The van der Waals surface area contributed by atoms with Gasteiger partial charge in [-0.2, -0.15) is 0 Å². The van der Waals surface area contributed by atoms with E-state index in [2.05, 4.69) is 15.6 Å². The molecule has 0 radical (unpaired) electrons. The highest BCUT2D eigenvalue weighted by Crippen LogP contribution is 2.19. The van der Waals surface area contributed by atoms with Gasteiger partial charge in [0.25, 0.3) is 5.91 Å². The molecule has 3 rings (SSSR count). The molecule has 0 unspecified atom stereocenters. The fraction of sp³-hybridized carbons (Fsp3) is 0.190. The molecule has 3 aromatic rings. The number of hydrogen-bond acceptors (Lipinski definition) is 5. The first kappa shape index (κ1) is 19.7. The van der Waals surface area contributed by atoms with Crippen molar-refractivity contribution in [1.29, 1.82) is 0 Å². The van der Waals surface area contributed by atoms with Gasteiger partial charge in [0.05, 0.1) is 5.56 Å². The van der Waals surface area contributed by atoms with Crippen LogP contribution in [0.3, 0.4) is 0 Å². The predicted molar refractivity (Wildman–Crippen MR) is 109 cm³/mol. The van der Waals surface area contributed by atoms with Crippen molar-refractivity contribution >= 4 is 28.2 Å². The second kappa shape index (κ2) is 9.23. The summed E-state index contributed by atoms with van der Waals surface area (Å²) in [6, 6.07) is 13.3. The minimum absolute atomic E-state index is 0.0368. The highest BCUT2D eigenvalue weighted by atomic mass is 32.1. The van der Waals surface area contributed by atoms with Gasteiger partial charge in [-0.3, -0.25) is 9.59 Å². The number of ketones is 1. The lowest BCUT2D eigenvalue weighted by molar-refractivity contribution is 0.0948. The van der Waals surface area contributed by atoms with Crippen LogP contribution in [0.15, 0.2) is 53.9 Å². The van der Waals surface area contributed by atoms with Gasteiger partial charge in [-0.05, 0) is 31.0 Å². The lowest BCUT2D eigenvalue weighted by Crippen LogP contribution is -2.26. The van der Waals surface area contributed by atoms with Crippen LogP contribution in [0.2, 0.25) is 0 Å². The van der Waals surface area contributed by atoms with Gasteiger partial charge >= 0.3 is 0 Å². The number of hydrogen-bond donors (Lipinski definition) is 2. The number of thiazole rings is 1. The zero-order valence-corrected chi connectivity index (χ0v) is 16.2. The number of anilines is 1. The highest BCUT2D eigenvalue weighted by Gasteiger charge is 2.15. The van der Waals surface area contributed by atoms with Crippen LogP contribution in [0, 0.1) is 12.7 Å². The smallest absolute Gasteiger partial charge is 0.254 e. The molecular formula is C21H20FN3O2S. The quantitative estimate of drug-likeness (QED) is 0.444. The summed E-state index contributed by atoms with van der Waals surface area (Å²) in [6.45, 7) is 2.87. The van der Waals surface area contributed by atoms with Crippen LogP contribution in [0.5, 0.6) is 0 Å². The molecule has 0 atom stereocenters. The van der Waals surface area contributed by atoms with Crippen molar-refractivity contribution in [1.82, 2.24) is 10.3 Å². The molecule has 0 fully saturated rings. The van der Waals surface area contributed by atoms with E-state index in [-0.39, 0.29) is 11.3 Å². The maximum Gasteiger partial charge on any atom is 0.254 e. The Kier molecular flexibility index (Phi) is 6.49. The molecule has 0 aliphatic heterocycles. The van der Waals surface area contributed by atoms with Crippen LogP contribution < -0.4 is 10.6 Å². The van der Waals surface area contributed by atoms with Gasteiger partial charge in [0.15, 0.2) is 5.13 Å². The molecule has 7 heteroatoms. The summed E-state index contributed by atoms with van der Waals surface area (Å²) in [5.41, 5.74) is 2.01. The number of aryl methyl sites for hydroxylation is 1. The maximum absolute atomic E-state index is 13.5. The minimum atomic E-state index is -0.535. The van der Waals surface area contributed by atoms with E-state index in [1.54, 1.807) is 23.6 Å². The van der Waals surface area contributed by atoms with Crippen molar-refractivity contribution in [3.05, 3.63) is 82.1 Å². The first-order valence-corrected chi connectivity index (χ1v) is 9.76. The van der Waals surface area contributed by atoms with Gasteiger partial charge in [0.2, 0.25) is 5.78 Å². The molecule has 2 aromatic carbocycles. The standard InChI is InChI=1S/C21H20FN3O2S/c1-14-7-2-3-8-15(14)19(26)18-13-28-21(25-18)24-12-6-11-23-20(27)16-9-4-5-10-17(16)22/h2-5,7-10,13H,6,11-12H2,1H3,(H,23,27)(H,24,25). The lowest BCUT2D eigenvalue weighted by Gasteiger charge is -2.06. The number of rotatable bonds is 8. The lowest BCUT2D eigenvalue weighted by atomic mass is 10.0. The first-order valence-electron chi connectivity index (χ1n) is 8.88. The number of amides is 1. The second-order valence-corrected chi connectivity index (χ2v) is 7.06. The van der Waals surface area contributed by atoms with E-state index in [1.807, 2.05) is 25.1 Å². The second-order valence-electron chi connectivity index (χ2n) is 6.20. The molecule has 144 valence electrons. The summed E-state index contributed by atoms with van der Waals surface area (Å²) >= 11 is 1.36. The Morgan fingerprint density at radius 3 is 2.50 bits per heavy atom. The number of nitrogens with one attached hydrogen (secondary N) is 2. The van der Waals surface area contributed by atoms with Gasteiger partial charge in [-0.1, -0.05) is 36.4 Å². The summed E-state index contributed by atoms with van der Waals surface area (Å²) in [7, 11) is 0. The Balaban J connectivity index is 1.45. The van der Waals surface area contributed by atoms with Gasteiger partial charge < -0.3 is 10.6 Å². The fourth-order valence-electron chi connectivity index (χ4n) is 2.65. The molecule has 1 heterocycles. The Labute approximate surface area is 166 Å². The first-order chi connectivity index (χ1) is 13.6. The van der Waals surface area contributed by atoms with Crippen molar-refractivity contribution < 1.29 is 14.0 Å². The van der Waals surface area contributed by atoms with Crippen LogP contribution in [0.25, 0.3) is 0 Å². The third kappa shape index (κ3) is 4.80. The average Bonchev–Trinajstić information content (AvgIpc) is 3.17. The summed E-state index contributed by atoms with van der Waals surface area (Å²) in [5, 5.41) is 8.21. The van der Waals surface area contributed by atoms with Crippen LogP contribution in [0.1, 0.15) is 38.4 Å². The molecule has 0 aliphatic rings. The molecule has 0 saturated heterocycles. The third-order valence-electron chi connectivity index (χ3n) is 4.16. The van der Waals surface area contributed by atoms with Crippen LogP contribution in [-0.2, 0) is 0 Å². The Morgan fingerprint density at radius 1 is 1.04 bits per heavy atom. The van der Waals surface area contributed by atoms with Crippen LogP contribution >= 0.6 is 11.3 Å². The number of nitrogens with zero attached hydrogens (tertiary/aromatic N) is 1. The van der Waals surface area contributed by atoms with E-state index >= 15 is 0 Å². The Hall–Kier alpha value is -3.06. The summed E-state index contributed by atoms with van der Waals surface area (Å²) in [6.07, 6.45) is 0.640. The van der Waals surface area contributed by atoms with Crippen molar-refractivity contribution in [2.45, 2.75) is 13.3 Å². The number of carbonyl (C=O) groups is 2. The molecule has 0 saturated carbocycles.